The quantitative estimate of drug-likeness (QED) is 0.780. The lowest BCUT2D eigenvalue weighted by Crippen LogP contribution is -2.19. The summed E-state index contributed by atoms with van der Waals surface area (Å²) in [6.45, 7) is -1.27. The Morgan fingerprint density at radius 3 is 2.58 bits per heavy atom. The zero-order chi connectivity index (χ0) is 13.7. The molecule has 0 radical (unpaired) electrons. The number of aromatic nitrogens is 4. The van der Waals surface area contributed by atoms with E-state index in [4.69, 9.17) is 0 Å². The van der Waals surface area contributed by atoms with E-state index in [1.54, 1.807) is 0 Å². The van der Waals surface area contributed by atoms with Crippen molar-refractivity contribution in [2.24, 2.45) is 0 Å². The fraction of sp³-hybridized carbons (Fsp3) is 0.364. The molecule has 0 atom stereocenters. The fourth-order valence-corrected chi connectivity index (χ4v) is 1.37. The molecule has 0 unspecified atom stereocenters. The first-order valence-electron chi connectivity index (χ1n) is 5.52. The van der Waals surface area contributed by atoms with Gasteiger partial charge in [-0.3, -0.25) is 0 Å². The van der Waals surface area contributed by atoms with Gasteiger partial charge in [-0.15, -0.1) is 10.2 Å². The van der Waals surface area contributed by atoms with Crippen molar-refractivity contribution in [3.8, 4) is 11.4 Å². The first kappa shape index (κ1) is 13.5. The molecule has 0 aliphatic heterocycles. The summed E-state index contributed by atoms with van der Waals surface area (Å²) >= 11 is 0. The molecule has 2 rings (SSSR count). The smallest absolute Gasteiger partial charge is 0.370 e. The van der Waals surface area contributed by atoms with E-state index in [0.29, 0.717) is 5.82 Å². The highest BCUT2D eigenvalue weighted by Crippen LogP contribution is 2.14. The van der Waals surface area contributed by atoms with E-state index in [2.05, 4.69) is 20.1 Å². The van der Waals surface area contributed by atoms with Gasteiger partial charge in [-0.2, -0.15) is 18.0 Å². The van der Waals surface area contributed by atoms with Gasteiger partial charge >= 0.3 is 6.18 Å². The maximum atomic E-state index is 11.8. The Hall–Kier alpha value is -1.96. The lowest BCUT2D eigenvalue weighted by atomic mass is 10.2. The van der Waals surface area contributed by atoms with Crippen LogP contribution in [-0.2, 0) is 11.3 Å². The summed E-state index contributed by atoms with van der Waals surface area (Å²) in [5.74, 6) is 0.427. The van der Waals surface area contributed by atoms with E-state index >= 15 is 0 Å². The average molecular weight is 272 g/mol. The second-order valence-corrected chi connectivity index (χ2v) is 3.74. The highest BCUT2D eigenvalue weighted by molar-refractivity contribution is 5.52. The highest BCUT2D eigenvalue weighted by atomic mass is 19.4. The number of nitrogens with zero attached hydrogens (tertiary/aromatic N) is 4. The van der Waals surface area contributed by atoms with E-state index in [-0.39, 0.29) is 13.2 Å². The Kier molecular flexibility index (Phi) is 4.10. The Bertz CT molecular complexity index is 512. The highest BCUT2D eigenvalue weighted by Gasteiger charge is 2.27. The van der Waals surface area contributed by atoms with Crippen molar-refractivity contribution in [2.75, 3.05) is 13.2 Å². The van der Waals surface area contributed by atoms with Crippen LogP contribution in [0.2, 0.25) is 0 Å². The summed E-state index contributed by atoms with van der Waals surface area (Å²) < 4.78 is 40.0. The molecule has 2 aromatic rings. The van der Waals surface area contributed by atoms with Gasteiger partial charge in [-0.25, -0.2) is 0 Å². The van der Waals surface area contributed by atoms with Crippen LogP contribution in [0.1, 0.15) is 0 Å². The van der Waals surface area contributed by atoms with Crippen molar-refractivity contribution < 1.29 is 17.9 Å². The largest absolute Gasteiger partial charge is 0.411 e. The summed E-state index contributed by atoms with van der Waals surface area (Å²) in [4.78, 5) is 1.21. The van der Waals surface area contributed by atoms with Gasteiger partial charge in [0.1, 0.15) is 6.61 Å². The van der Waals surface area contributed by atoms with Crippen LogP contribution in [0.5, 0.6) is 0 Å². The molecule has 0 fully saturated rings. The van der Waals surface area contributed by atoms with Crippen molar-refractivity contribution in [2.45, 2.75) is 12.7 Å². The summed E-state index contributed by atoms with van der Waals surface area (Å²) in [5.41, 5.74) is 0.796. The van der Waals surface area contributed by atoms with Crippen molar-refractivity contribution in [1.82, 2.24) is 20.2 Å². The summed E-state index contributed by atoms with van der Waals surface area (Å²) in [5, 5.41) is 11.6. The molecule has 1 aromatic carbocycles. The Balaban J connectivity index is 1.85. The SMILES string of the molecule is FC(F)(F)COCCn1nnc(-c2ccccc2)n1. The average Bonchev–Trinajstić information content (AvgIpc) is 2.83. The van der Waals surface area contributed by atoms with Crippen LogP contribution >= 0.6 is 0 Å². The molecule has 0 bridgehead atoms. The van der Waals surface area contributed by atoms with Crippen LogP contribution in [0, 0.1) is 0 Å². The molecular weight excluding hydrogens is 261 g/mol. The predicted octanol–water partition coefficient (Wildman–Crippen LogP) is 1.92. The summed E-state index contributed by atoms with van der Waals surface area (Å²) in [6, 6.07) is 9.17. The van der Waals surface area contributed by atoms with Crippen LogP contribution in [0.4, 0.5) is 13.2 Å². The van der Waals surface area contributed by atoms with Gasteiger partial charge < -0.3 is 4.74 Å². The number of hydrogen-bond acceptors (Lipinski definition) is 4. The zero-order valence-electron chi connectivity index (χ0n) is 9.84. The van der Waals surface area contributed by atoms with Crippen LogP contribution in [0.25, 0.3) is 11.4 Å². The van der Waals surface area contributed by atoms with E-state index in [1.165, 1.54) is 4.80 Å². The molecule has 0 saturated heterocycles. The molecule has 102 valence electrons. The maximum absolute atomic E-state index is 11.8. The van der Waals surface area contributed by atoms with Gasteiger partial charge in [0.05, 0.1) is 13.2 Å². The normalized spacial score (nSPS) is 11.7. The van der Waals surface area contributed by atoms with Gasteiger partial charge in [0.2, 0.25) is 5.82 Å². The van der Waals surface area contributed by atoms with E-state index in [1.807, 2.05) is 30.3 Å². The number of benzene rings is 1. The molecule has 19 heavy (non-hydrogen) atoms. The number of tetrazole rings is 1. The van der Waals surface area contributed by atoms with Gasteiger partial charge in [-0.1, -0.05) is 30.3 Å². The third-order valence-corrected chi connectivity index (χ3v) is 2.19. The molecule has 0 N–H and O–H groups in total. The minimum atomic E-state index is -4.31. The third kappa shape index (κ3) is 4.32. The third-order valence-electron chi connectivity index (χ3n) is 2.19. The van der Waals surface area contributed by atoms with E-state index < -0.39 is 12.8 Å². The molecule has 0 amide bonds. The van der Waals surface area contributed by atoms with Gasteiger partial charge in [0, 0.05) is 5.56 Å². The van der Waals surface area contributed by atoms with Crippen molar-refractivity contribution in [3.05, 3.63) is 30.3 Å². The lowest BCUT2D eigenvalue weighted by molar-refractivity contribution is -0.174. The molecule has 0 saturated carbocycles. The zero-order valence-corrected chi connectivity index (χ0v) is 9.84. The minimum absolute atomic E-state index is 0.121. The van der Waals surface area contributed by atoms with Crippen LogP contribution in [0.15, 0.2) is 30.3 Å². The molecule has 5 nitrogen and oxygen atoms in total. The van der Waals surface area contributed by atoms with Crippen LogP contribution in [-0.4, -0.2) is 39.6 Å². The second kappa shape index (κ2) is 5.79. The van der Waals surface area contributed by atoms with Crippen molar-refractivity contribution >= 4 is 0 Å². The molecule has 0 aliphatic carbocycles. The Morgan fingerprint density at radius 1 is 1.16 bits per heavy atom. The van der Waals surface area contributed by atoms with E-state index in [0.717, 1.165) is 5.56 Å². The molecular formula is C11H11F3N4O. The predicted molar refractivity (Wildman–Crippen MR) is 60.1 cm³/mol. The molecule has 8 heteroatoms. The van der Waals surface area contributed by atoms with Gasteiger partial charge in [0.25, 0.3) is 0 Å². The topological polar surface area (TPSA) is 52.8 Å². The number of ether oxygens (including phenoxy) is 1. The number of hydrogen-bond donors (Lipinski definition) is 0. The number of halogens is 3. The standard InChI is InChI=1S/C11H11F3N4O/c12-11(13,14)8-19-7-6-18-16-10(15-17-18)9-4-2-1-3-5-9/h1-5H,6-8H2. The molecule has 0 spiro atoms. The maximum Gasteiger partial charge on any atom is 0.411 e. The molecule has 0 aliphatic rings. The Labute approximate surface area is 107 Å². The minimum Gasteiger partial charge on any atom is -0.370 e. The van der Waals surface area contributed by atoms with Crippen LogP contribution < -0.4 is 0 Å². The monoisotopic (exact) mass is 272 g/mol. The second-order valence-electron chi connectivity index (χ2n) is 3.74. The summed E-state index contributed by atoms with van der Waals surface area (Å²) in [6.07, 6.45) is -4.31. The molecule has 1 heterocycles. The van der Waals surface area contributed by atoms with Crippen molar-refractivity contribution in [1.29, 1.82) is 0 Å². The van der Waals surface area contributed by atoms with Gasteiger partial charge in [-0.05, 0) is 5.21 Å². The number of alkyl halides is 3. The first-order chi connectivity index (χ1) is 9.04. The van der Waals surface area contributed by atoms with E-state index in [9.17, 15) is 13.2 Å². The van der Waals surface area contributed by atoms with Gasteiger partial charge in [0.15, 0.2) is 0 Å². The Morgan fingerprint density at radius 2 is 1.89 bits per heavy atom. The van der Waals surface area contributed by atoms with Crippen LogP contribution in [0.3, 0.4) is 0 Å². The first-order valence-corrected chi connectivity index (χ1v) is 5.52. The van der Waals surface area contributed by atoms with Crippen molar-refractivity contribution in [3.63, 3.8) is 0 Å². The lowest BCUT2D eigenvalue weighted by Gasteiger charge is -2.06. The summed E-state index contributed by atoms with van der Waals surface area (Å²) in [7, 11) is 0. The fourth-order valence-electron chi connectivity index (χ4n) is 1.37. The number of rotatable bonds is 5. The molecule has 1 aromatic heterocycles.